The molecule has 0 aliphatic heterocycles. The summed E-state index contributed by atoms with van der Waals surface area (Å²) in [7, 11) is 4.02. The Morgan fingerprint density at radius 2 is 2.08 bits per heavy atom. The first-order valence-corrected chi connectivity index (χ1v) is 8.62. The van der Waals surface area contributed by atoms with Crippen molar-refractivity contribution in [3.05, 3.63) is 41.3 Å². The van der Waals surface area contributed by atoms with E-state index in [1.807, 2.05) is 57.6 Å². The van der Waals surface area contributed by atoms with E-state index in [4.69, 9.17) is 4.74 Å². The molecule has 1 amide bonds. The van der Waals surface area contributed by atoms with Gasteiger partial charge >= 0.3 is 0 Å². The second kappa shape index (κ2) is 8.61. The van der Waals surface area contributed by atoms with Crippen LogP contribution in [0.4, 0.5) is 5.13 Å². The van der Waals surface area contributed by atoms with Crippen LogP contribution in [0.2, 0.25) is 0 Å². The van der Waals surface area contributed by atoms with E-state index in [1.54, 1.807) is 6.08 Å². The molecule has 128 valence electrons. The van der Waals surface area contributed by atoms with Gasteiger partial charge in [0.2, 0.25) is 5.91 Å². The molecule has 0 saturated heterocycles. The van der Waals surface area contributed by atoms with Gasteiger partial charge in [-0.15, -0.1) is 11.3 Å². The van der Waals surface area contributed by atoms with Crippen molar-refractivity contribution < 1.29 is 9.53 Å². The molecule has 0 radical (unpaired) electrons. The third-order valence-corrected chi connectivity index (χ3v) is 3.87. The van der Waals surface area contributed by atoms with Crippen molar-refractivity contribution in [2.75, 3.05) is 32.6 Å². The fourth-order valence-electron chi connectivity index (χ4n) is 2.00. The summed E-state index contributed by atoms with van der Waals surface area (Å²) in [5.41, 5.74) is 2.67. The summed E-state index contributed by atoms with van der Waals surface area (Å²) in [5.74, 6) is 0.637. The van der Waals surface area contributed by atoms with Gasteiger partial charge in [-0.05, 0) is 40.1 Å². The van der Waals surface area contributed by atoms with Crippen molar-refractivity contribution in [1.82, 2.24) is 9.88 Å². The molecule has 0 aliphatic rings. The number of thiazole rings is 1. The molecule has 0 saturated carbocycles. The first-order chi connectivity index (χ1) is 11.5. The highest BCUT2D eigenvalue weighted by molar-refractivity contribution is 7.14. The van der Waals surface area contributed by atoms with Crippen molar-refractivity contribution in [2.24, 2.45) is 0 Å². The zero-order valence-corrected chi connectivity index (χ0v) is 15.3. The molecule has 1 N–H and O–H groups in total. The molecule has 1 heterocycles. The maximum absolute atomic E-state index is 11.8. The van der Waals surface area contributed by atoms with Crippen molar-refractivity contribution in [2.45, 2.75) is 13.8 Å². The molecule has 2 aromatic rings. The van der Waals surface area contributed by atoms with Gasteiger partial charge in [0.05, 0.1) is 5.69 Å². The second-order valence-electron chi connectivity index (χ2n) is 5.90. The van der Waals surface area contributed by atoms with E-state index in [0.717, 1.165) is 29.1 Å². The number of nitrogens with one attached hydrogen (secondary N) is 1. The average molecular weight is 345 g/mol. The van der Waals surface area contributed by atoms with Crippen LogP contribution in [0, 0.1) is 0 Å². The average Bonchev–Trinajstić information content (AvgIpc) is 2.94. The van der Waals surface area contributed by atoms with E-state index in [2.05, 4.69) is 15.2 Å². The van der Waals surface area contributed by atoms with E-state index in [0.29, 0.717) is 11.7 Å². The highest BCUT2D eigenvalue weighted by Gasteiger charge is 2.11. The standard InChI is InChI=1S/C18H23N3O2S/c1-13(2)11-17(22)20-18-19-15(12-24-18)14-7-5-6-8-16(14)23-10-9-21(3)4/h5-8,11-12H,9-10H2,1-4H3,(H,19,20,22). The number of hydrogen-bond donors (Lipinski definition) is 1. The number of rotatable bonds is 7. The zero-order valence-electron chi connectivity index (χ0n) is 14.5. The van der Waals surface area contributed by atoms with Crippen LogP contribution in [0.5, 0.6) is 5.75 Å². The lowest BCUT2D eigenvalue weighted by Gasteiger charge is -2.13. The number of amides is 1. The number of likely N-dealkylation sites (N-methyl/N-ethyl adjacent to an activating group) is 1. The lowest BCUT2D eigenvalue weighted by molar-refractivity contribution is -0.111. The molecule has 1 aromatic carbocycles. The van der Waals surface area contributed by atoms with Gasteiger partial charge in [0.15, 0.2) is 5.13 Å². The summed E-state index contributed by atoms with van der Waals surface area (Å²) in [6.45, 7) is 5.22. The topological polar surface area (TPSA) is 54.5 Å². The molecule has 6 heteroatoms. The predicted molar refractivity (Wildman–Crippen MR) is 99.7 cm³/mol. The number of benzene rings is 1. The molecule has 0 aliphatic carbocycles. The van der Waals surface area contributed by atoms with E-state index >= 15 is 0 Å². The van der Waals surface area contributed by atoms with Gasteiger partial charge in [-0.3, -0.25) is 10.1 Å². The third-order valence-electron chi connectivity index (χ3n) is 3.11. The predicted octanol–water partition coefficient (Wildman–Crippen LogP) is 3.66. The minimum Gasteiger partial charge on any atom is -0.492 e. The SMILES string of the molecule is CC(C)=CC(=O)Nc1nc(-c2ccccc2OCCN(C)C)cs1. The number of carbonyl (C=O) groups is 1. The monoisotopic (exact) mass is 345 g/mol. The molecule has 24 heavy (non-hydrogen) atoms. The molecule has 0 unspecified atom stereocenters. The fraction of sp³-hybridized carbons (Fsp3) is 0.333. The molecular formula is C18H23N3O2S. The van der Waals surface area contributed by atoms with Crippen LogP contribution >= 0.6 is 11.3 Å². The normalized spacial score (nSPS) is 10.5. The first-order valence-electron chi connectivity index (χ1n) is 7.74. The Balaban J connectivity index is 2.12. The lowest BCUT2D eigenvalue weighted by Crippen LogP contribution is -2.19. The number of para-hydroxylation sites is 1. The van der Waals surface area contributed by atoms with Crippen LogP contribution in [0.15, 0.2) is 41.3 Å². The summed E-state index contributed by atoms with van der Waals surface area (Å²) in [6, 6.07) is 7.81. The Morgan fingerprint density at radius 1 is 1.33 bits per heavy atom. The number of aromatic nitrogens is 1. The molecule has 5 nitrogen and oxygen atoms in total. The van der Waals surface area contributed by atoms with E-state index in [9.17, 15) is 4.79 Å². The highest BCUT2D eigenvalue weighted by Crippen LogP contribution is 2.32. The number of carbonyl (C=O) groups excluding carboxylic acids is 1. The van der Waals surface area contributed by atoms with Gasteiger partial charge in [0.25, 0.3) is 0 Å². The molecule has 1 aromatic heterocycles. The minimum absolute atomic E-state index is 0.161. The highest BCUT2D eigenvalue weighted by atomic mass is 32.1. The van der Waals surface area contributed by atoms with Crippen LogP contribution < -0.4 is 10.1 Å². The Labute approximate surface area is 147 Å². The van der Waals surface area contributed by atoms with Crippen LogP contribution in [-0.2, 0) is 4.79 Å². The van der Waals surface area contributed by atoms with Crippen LogP contribution in [0.25, 0.3) is 11.3 Å². The van der Waals surface area contributed by atoms with Crippen LogP contribution in [0.3, 0.4) is 0 Å². The third kappa shape index (κ3) is 5.47. The molecule has 2 rings (SSSR count). The van der Waals surface area contributed by atoms with E-state index < -0.39 is 0 Å². The molecule has 0 atom stereocenters. The minimum atomic E-state index is -0.161. The van der Waals surface area contributed by atoms with Gasteiger partial charge in [-0.2, -0.15) is 0 Å². The Hall–Kier alpha value is -2.18. The van der Waals surface area contributed by atoms with Crippen LogP contribution in [0.1, 0.15) is 13.8 Å². The molecule has 0 fully saturated rings. The van der Waals surface area contributed by atoms with Crippen molar-refractivity contribution >= 4 is 22.4 Å². The van der Waals surface area contributed by atoms with Gasteiger partial charge in [-0.1, -0.05) is 17.7 Å². The summed E-state index contributed by atoms with van der Waals surface area (Å²) in [5, 5.41) is 5.29. The molecular weight excluding hydrogens is 322 g/mol. The van der Waals surface area contributed by atoms with Crippen molar-refractivity contribution in [1.29, 1.82) is 0 Å². The first kappa shape index (κ1) is 18.2. The van der Waals surface area contributed by atoms with Gasteiger partial charge in [0, 0.05) is 23.6 Å². The zero-order chi connectivity index (χ0) is 17.5. The second-order valence-corrected chi connectivity index (χ2v) is 6.75. The van der Waals surface area contributed by atoms with E-state index in [-0.39, 0.29) is 5.91 Å². The molecule has 0 bridgehead atoms. The summed E-state index contributed by atoms with van der Waals surface area (Å²) in [6.07, 6.45) is 1.55. The largest absolute Gasteiger partial charge is 0.492 e. The lowest BCUT2D eigenvalue weighted by atomic mass is 10.1. The van der Waals surface area contributed by atoms with Gasteiger partial charge < -0.3 is 9.64 Å². The summed E-state index contributed by atoms with van der Waals surface area (Å²) < 4.78 is 5.87. The maximum Gasteiger partial charge on any atom is 0.250 e. The summed E-state index contributed by atoms with van der Waals surface area (Å²) in [4.78, 5) is 18.4. The Morgan fingerprint density at radius 3 is 2.79 bits per heavy atom. The number of anilines is 1. The van der Waals surface area contributed by atoms with Gasteiger partial charge in [-0.25, -0.2) is 4.98 Å². The Kier molecular flexibility index (Phi) is 6.52. The Bertz CT molecular complexity index is 719. The number of hydrogen-bond acceptors (Lipinski definition) is 5. The smallest absolute Gasteiger partial charge is 0.250 e. The van der Waals surface area contributed by atoms with Crippen LogP contribution in [-0.4, -0.2) is 43.0 Å². The number of nitrogens with zero attached hydrogens (tertiary/aromatic N) is 2. The molecule has 0 spiro atoms. The fourth-order valence-corrected chi connectivity index (χ4v) is 2.71. The number of ether oxygens (including phenoxy) is 1. The van der Waals surface area contributed by atoms with Crippen molar-refractivity contribution in [3.8, 4) is 17.0 Å². The number of allylic oxidation sites excluding steroid dienone is 1. The van der Waals surface area contributed by atoms with Gasteiger partial charge in [0.1, 0.15) is 12.4 Å². The maximum atomic E-state index is 11.8. The van der Waals surface area contributed by atoms with Crippen molar-refractivity contribution in [3.63, 3.8) is 0 Å². The quantitative estimate of drug-likeness (QED) is 0.778. The summed E-state index contributed by atoms with van der Waals surface area (Å²) >= 11 is 1.40. The van der Waals surface area contributed by atoms with E-state index in [1.165, 1.54) is 11.3 Å².